The Morgan fingerprint density at radius 1 is 0.221 bits per heavy atom. The Bertz CT molecular complexity index is 3110. The van der Waals surface area contributed by atoms with Crippen LogP contribution in [0, 0.1) is 0 Å². The van der Waals surface area contributed by atoms with Crippen molar-refractivity contribution in [1.29, 1.82) is 0 Å². The highest BCUT2D eigenvalue weighted by Crippen LogP contribution is 2.24. The first-order valence-corrected chi connectivity index (χ1v) is 41.6. The van der Waals surface area contributed by atoms with Crippen LogP contribution in [0.5, 0.6) is 11.5 Å². The van der Waals surface area contributed by atoms with E-state index in [1.165, 1.54) is 0 Å². The highest BCUT2D eigenvalue weighted by atomic mass is 16.6. The third-order valence-electron chi connectivity index (χ3n) is 17.9. The Kier molecular flexibility index (Phi) is 59.4. The summed E-state index contributed by atoms with van der Waals surface area (Å²) in [7, 11) is 0. The largest absolute Gasteiger partial charge is 0.494 e. The van der Waals surface area contributed by atoms with Crippen LogP contribution in [0.1, 0.15) is 293 Å². The maximum atomic E-state index is 12.7. The molecule has 0 heterocycles. The minimum atomic E-state index is -0.457. The zero-order valence-corrected chi connectivity index (χ0v) is 67.1. The van der Waals surface area contributed by atoms with Crippen molar-refractivity contribution >= 4 is 71.6 Å². The Morgan fingerprint density at radius 3 is 0.681 bits per heavy atom. The number of benzene rings is 3. The molecule has 25 nitrogen and oxygen atoms in total. The zero-order chi connectivity index (χ0) is 81.5. The molecule has 0 aliphatic heterocycles. The SMILES string of the molecule is C=CC(=O)OCCCCCC(=O)OCCCCCC(=O)OCCCCCC(=O)OCCCCCC(=O)OCCCCCC(=O)OCCCCCC(=O)OCCCCCC(=O)OCCCCCC(=O)OCCCCCC(=O)OCCCCCC(=O)OCCCCCCOc1ccc(C(=O)Oc2ccc(-c3ccccc3)cc2)cc1. The van der Waals surface area contributed by atoms with Gasteiger partial charge in [-0.15, -0.1) is 0 Å². The highest BCUT2D eigenvalue weighted by Gasteiger charge is 2.15. The number of esters is 12. The van der Waals surface area contributed by atoms with E-state index in [1.807, 2.05) is 42.5 Å². The van der Waals surface area contributed by atoms with E-state index >= 15 is 0 Å². The Labute approximate surface area is 669 Å². The van der Waals surface area contributed by atoms with Gasteiger partial charge in [-0.1, -0.05) is 49.0 Å². The number of hydrogen-bond acceptors (Lipinski definition) is 25. The first-order chi connectivity index (χ1) is 55.1. The van der Waals surface area contributed by atoms with Gasteiger partial charge in [-0.05, 0) is 266 Å². The van der Waals surface area contributed by atoms with Gasteiger partial charge in [0.05, 0.1) is 84.8 Å². The molecule has 0 bridgehead atoms. The molecule has 3 aromatic carbocycles. The van der Waals surface area contributed by atoms with E-state index in [0.717, 1.165) is 75.0 Å². The molecule has 0 amide bonds. The zero-order valence-electron chi connectivity index (χ0n) is 67.1. The Hall–Kier alpha value is -9.16. The van der Waals surface area contributed by atoms with Gasteiger partial charge in [0.15, 0.2) is 0 Å². The molecule has 0 atom stereocenters. The van der Waals surface area contributed by atoms with Crippen molar-refractivity contribution in [3.8, 4) is 22.6 Å². The average Bonchev–Trinajstić information content (AvgIpc) is 0.853. The third kappa shape index (κ3) is 58.4. The van der Waals surface area contributed by atoms with Gasteiger partial charge in [0, 0.05) is 70.3 Å². The maximum Gasteiger partial charge on any atom is 0.343 e. The monoisotopic (exact) mass is 1580 g/mol. The molecule has 0 aliphatic rings. The van der Waals surface area contributed by atoms with Crippen LogP contribution >= 0.6 is 0 Å². The first-order valence-electron chi connectivity index (χ1n) is 41.6. The first kappa shape index (κ1) is 98.0. The van der Waals surface area contributed by atoms with Crippen molar-refractivity contribution in [3.63, 3.8) is 0 Å². The Balaban J connectivity index is 0.949. The van der Waals surface area contributed by atoms with Crippen molar-refractivity contribution < 1.29 is 119 Å². The topological polar surface area (TPSA) is 325 Å². The number of unbranched alkanes of at least 4 members (excludes halogenated alkanes) is 23. The second-order valence-corrected chi connectivity index (χ2v) is 27.7. The van der Waals surface area contributed by atoms with Crippen LogP contribution in [0.25, 0.3) is 11.1 Å². The van der Waals surface area contributed by atoms with Crippen molar-refractivity contribution in [2.24, 2.45) is 0 Å². The van der Waals surface area contributed by atoms with Gasteiger partial charge in [0.2, 0.25) is 0 Å². The quantitative estimate of drug-likeness (QED) is 0.0167. The lowest BCUT2D eigenvalue weighted by Gasteiger charge is -2.09. The highest BCUT2D eigenvalue weighted by molar-refractivity contribution is 5.91. The van der Waals surface area contributed by atoms with Gasteiger partial charge in [0.25, 0.3) is 0 Å². The molecule has 25 heteroatoms. The normalized spacial score (nSPS) is 10.8. The summed E-state index contributed by atoms with van der Waals surface area (Å²) < 4.78 is 69.3. The number of hydrogen-bond donors (Lipinski definition) is 0. The van der Waals surface area contributed by atoms with Crippen molar-refractivity contribution in [2.45, 2.75) is 283 Å². The van der Waals surface area contributed by atoms with E-state index in [-0.39, 0.29) is 144 Å². The second kappa shape index (κ2) is 68.4. The molecule has 0 saturated carbocycles. The summed E-state index contributed by atoms with van der Waals surface area (Å²) in [6.07, 6.45) is 27.4. The molecule has 3 aromatic rings. The molecule has 0 aromatic heterocycles. The van der Waals surface area contributed by atoms with Gasteiger partial charge in [0.1, 0.15) is 11.5 Å². The minimum absolute atomic E-state index is 0.229. The van der Waals surface area contributed by atoms with Crippen LogP contribution in [0.3, 0.4) is 0 Å². The summed E-state index contributed by atoms with van der Waals surface area (Å²) in [5, 5.41) is 0. The van der Waals surface area contributed by atoms with Crippen molar-refractivity contribution in [1.82, 2.24) is 0 Å². The van der Waals surface area contributed by atoms with Crippen LogP contribution < -0.4 is 9.47 Å². The number of carbonyl (C=O) groups excluding carboxylic acids is 12. The molecule has 630 valence electrons. The van der Waals surface area contributed by atoms with Gasteiger partial charge in [-0.2, -0.15) is 0 Å². The third-order valence-corrected chi connectivity index (χ3v) is 17.9. The summed E-state index contributed by atoms with van der Waals surface area (Å²) in [4.78, 5) is 145. The average molecular weight is 1590 g/mol. The van der Waals surface area contributed by atoms with Crippen LogP contribution in [0.4, 0.5) is 0 Å². The summed E-state index contributed by atoms with van der Waals surface area (Å²) >= 11 is 0. The molecule has 0 aliphatic carbocycles. The van der Waals surface area contributed by atoms with E-state index < -0.39 is 11.9 Å². The second-order valence-electron chi connectivity index (χ2n) is 27.7. The van der Waals surface area contributed by atoms with E-state index in [9.17, 15) is 57.5 Å². The van der Waals surface area contributed by atoms with Crippen LogP contribution in [0.2, 0.25) is 0 Å². The minimum Gasteiger partial charge on any atom is -0.494 e. The fraction of sp³-hybridized carbons (Fsp3) is 0.636. The van der Waals surface area contributed by atoms with E-state index in [0.29, 0.717) is 236 Å². The smallest absolute Gasteiger partial charge is 0.343 e. The summed E-state index contributed by atoms with van der Waals surface area (Å²) in [5.41, 5.74) is 2.56. The van der Waals surface area contributed by atoms with Crippen LogP contribution in [0.15, 0.2) is 91.5 Å². The molecular weight excluding hydrogens is 1460 g/mol. The predicted octanol–water partition coefficient (Wildman–Crippen LogP) is 17.3. The lowest BCUT2D eigenvalue weighted by atomic mass is 10.1. The number of carbonyl (C=O) groups is 12. The summed E-state index contributed by atoms with van der Waals surface area (Å²) in [6.45, 7) is 7.11. The molecule has 0 unspecified atom stereocenters. The molecule has 0 spiro atoms. The molecule has 0 N–H and O–H groups in total. The fourth-order valence-electron chi connectivity index (χ4n) is 11.2. The van der Waals surface area contributed by atoms with Crippen LogP contribution in [-0.2, 0) is 105 Å². The summed E-state index contributed by atoms with van der Waals surface area (Å²) in [6, 6.07) is 24.3. The molecular formula is C88H128O25. The molecule has 3 rings (SSSR count). The lowest BCUT2D eigenvalue weighted by Crippen LogP contribution is -2.09. The van der Waals surface area contributed by atoms with Gasteiger partial charge < -0.3 is 61.6 Å². The van der Waals surface area contributed by atoms with Gasteiger partial charge >= 0.3 is 71.6 Å². The van der Waals surface area contributed by atoms with Crippen LogP contribution in [-0.4, -0.2) is 151 Å². The fourth-order valence-corrected chi connectivity index (χ4v) is 11.2. The van der Waals surface area contributed by atoms with E-state index in [4.69, 9.17) is 61.6 Å². The van der Waals surface area contributed by atoms with Gasteiger partial charge in [-0.25, -0.2) is 9.59 Å². The van der Waals surface area contributed by atoms with E-state index in [1.54, 1.807) is 36.4 Å². The Morgan fingerprint density at radius 2 is 0.434 bits per heavy atom. The lowest BCUT2D eigenvalue weighted by molar-refractivity contribution is -0.146. The molecule has 0 radical (unpaired) electrons. The maximum absolute atomic E-state index is 12.7. The standard InChI is InChI=1S/C88H128O25/c1-2-77(89)102-61-30-6-18-42-79(91)104-63-32-8-20-44-81(93)106-65-34-10-22-46-83(95)108-67-36-12-24-48-85(97)110-69-38-14-26-50-87(99)112-71-39-15-27-51-86(98)111-70-37-13-25-49-84(96)109-68-35-11-23-47-82(94)107-66-33-9-21-45-80(92)105-64-31-7-19-43-78(90)103-62-29-4-3-28-60-101-75-56-54-74(55-57-75)88(100)113-76-58-52-73(53-59-76)72-40-16-5-17-41-72/h2,5,16-17,40-41,52-59H,1,3-4,6-15,18-39,42-51,60-71H2. The van der Waals surface area contributed by atoms with Crippen molar-refractivity contribution in [2.75, 3.05) is 79.3 Å². The molecule has 0 fully saturated rings. The molecule has 113 heavy (non-hydrogen) atoms. The molecule has 0 saturated heterocycles. The predicted molar refractivity (Wildman–Crippen MR) is 423 cm³/mol. The number of rotatable bonds is 72. The van der Waals surface area contributed by atoms with Crippen molar-refractivity contribution in [3.05, 3.63) is 97.1 Å². The number of ether oxygens (including phenoxy) is 13. The van der Waals surface area contributed by atoms with Gasteiger partial charge in [-0.3, -0.25) is 47.9 Å². The van der Waals surface area contributed by atoms with E-state index in [2.05, 4.69) is 6.58 Å². The summed E-state index contributed by atoms with van der Waals surface area (Å²) in [5.74, 6) is -2.51.